The third kappa shape index (κ3) is 4.44. The predicted molar refractivity (Wildman–Crippen MR) is 121 cm³/mol. The zero-order valence-corrected chi connectivity index (χ0v) is 19.2. The van der Waals surface area contributed by atoms with E-state index < -0.39 is 10.0 Å². The Hall–Kier alpha value is -2.58. The molecule has 0 fully saturated rings. The summed E-state index contributed by atoms with van der Waals surface area (Å²) in [5.74, 6) is 0.678. The molecule has 2 aromatic carbocycles. The van der Waals surface area contributed by atoms with Gasteiger partial charge in [0, 0.05) is 16.6 Å². The molecule has 3 aromatic rings. The van der Waals surface area contributed by atoms with Crippen molar-refractivity contribution < 1.29 is 8.42 Å². The number of benzene rings is 2. The van der Waals surface area contributed by atoms with Gasteiger partial charge < -0.3 is 5.73 Å². The van der Waals surface area contributed by atoms with Gasteiger partial charge in [0.2, 0.25) is 5.95 Å². The van der Waals surface area contributed by atoms with E-state index in [0.717, 1.165) is 5.56 Å². The van der Waals surface area contributed by atoms with Crippen LogP contribution in [0.4, 0.5) is 11.6 Å². The van der Waals surface area contributed by atoms with Gasteiger partial charge in [-0.05, 0) is 55.2 Å². The van der Waals surface area contributed by atoms with Gasteiger partial charge in [-0.2, -0.15) is 0 Å². The SMILES string of the molecule is CC(C)n1c(N)nnc1-c1cc(Cl)ccc1NS(=O)(=O)c1ccc(C(C)(C)C)cc1. The van der Waals surface area contributed by atoms with Crippen LogP contribution in [0.3, 0.4) is 0 Å². The summed E-state index contributed by atoms with van der Waals surface area (Å²) in [6.45, 7) is 10.1. The maximum atomic E-state index is 13.0. The molecule has 0 radical (unpaired) electrons. The largest absolute Gasteiger partial charge is 0.368 e. The van der Waals surface area contributed by atoms with Crippen LogP contribution < -0.4 is 10.5 Å². The minimum absolute atomic E-state index is 0.0246. The average molecular weight is 448 g/mol. The molecule has 0 atom stereocenters. The summed E-state index contributed by atoms with van der Waals surface area (Å²) in [6.07, 6.45) is 0. The van der Waals surface area contributed by atoms with Crippen molar-refractivity contribution in [3.05, 3.63) is 53.1 Å². The fourth-order valence-corrected chi connectivity index (χ4v) is 4.38. The van der Waals surface area contributed by atoms with Gasteiger partial charge in [0.05, 0.1) is 10.6 Å². The van der Waals surface area contributed by atoms with Crippen molar-refractivity contribution in [1.29, 1.82) is 0 Å². The number of nitrogens with zero attached hydrogens (tertiary/aromatic N) is 3. The number of nitrogens with two attached hydrogens (primary N) is 1. The Kier molecular flexibility index (Phi) is 5.84. The molecule has 3 N–H and O–H groups in total. The molecule has 7 nitrogen and oxygen atoms in total. The number of aromatic nitrogens is 3. The molecule has 0 aliphatic heterocycles. The first-order chi connectivity index (χ1) is 13.9. The molecule has 0 saturated carbocycles. The van der Waals surface area contributed by atoms with E-state index in [4.69, 9.17) is 17.3 Å². The zero-order valence-electron chi connectivity index (χ0n) is 17.6. The van der Waals surface area contributed by atoms with Gasteiger partial charge in [-0.1, -0.05) is 44.5 Å². The molecule has 0 unspecified atom stereocenters. The zero-order chi connectivity index (χ0) is 22.3. The van der Waals surface area contributed by atoms with Crippen molar-refractivity contribution in [3.8, 4) is 11.4 Å². The first-order valence-electron chi connectivity index (χ1n) is 9.54. The van der Waals surface area contributed by atoms with E-state index in [9.17, 15) is 8.42 Å². The molecule has 160 valence electrons. The summed E-state index contributed by atoms with van der Waals surface area (Å²) in [7, 11) is -3.83. The average Bonchev–Trinajstić information content (AvgIpc) is 3.04. The Morgan fingerprint density at radius 2 is 1.70 bits per heavy atom. The maximum absolute atomic E-state index is 13.0. The summed E-state index contributed by atoms with van der Waals surface area (Å²) in [5.41, 5.74) is 7.77. The van der Waals surface area contributed by atoms with Crippen LogP contribution >= 0.6 is 11.6 Å². The number of hydrogen-bond acceptors (Lipinski definition) is 5. The van der Waals surface area contributed by atoms with Crippen molar-refractivity contribution >= 4 is 33.3 Å². The standard InChI is InChI=1S/C21H26ClN5O2S/c1-13(2)27-19(24-25-20(27)23)17-12-15(22)8-11-18(17)26-30(28,29)16-9-6-14(7-10-16)21(3,4)5/h6-13,26H,1-5H3,(H2,23,25). The van der Waals surface area contributed by atoms with Gasteiger partial charge in [-0.15, -0.1) is 10.2 Å². The Bertz CT molecular complexity index is 1160. The molecule has 0 amide bonds. The quantitative estimate of drug-likeness (QED) is 0.581. The second-order valence-corrected chi connectivity index (χ2v) is 10.5. The summed E-state index contributed by atoms with van der Waals surface area (Å²) in [4.78, 5) is 0.168. The molecule has 1 heterocycles. The Morgan fingerprint density at radius 3 is 2.27 bits per heavy atom. The van der Waals surface area contributed by atoms with Gasteiger partial charge in [-0.25, -0.2) is 8.42 Å². The van der Waals surface area contributed by atoms with Crippen LogP contribution in [-0.2, 0) is 15.4 Å². The third-order valence-electron chi connectivity index (χ3n) is 4.74. The predicted octanol–water partition coefficient (Wildman–Crippen LogP) is 4.86. The fraction of sp³-hybridized carbons (Fsp3) is 0.333. The summed E-state index contributed by atoms with van der Waals surface area (Å²) in [6, 6.07) is 11.7. The van der Waals surface area contributed by atoms with E-state index in [0.29, 0.717) is 22.1 Å². The number of hydrogen-bond donors (Lipinski definition) is 2. The van der Waals surface area contributed by atoms with E-state index in [1.165, 1.54) is 0 Å². The number of nitrogen functional groups attached to an aromatic ring is 1. The van der Waals surface area contributed by atoms with Crippen LogP contribution in [0.25, 0.3) is 11.4 Å². The highest BCUT2D eigenvalue weighted by Crippen LogP contribution is 2.34. The highest BCUT2D eigenvalue weighted by atomic mass is 35.5. The molecule has 9 heteroatoms. The third-order valence-corrected chi connectivity index (χ3v) is 6.35. The second-order valence-electron chi connectivity index (χ2n) is 8.42. The highest BCUT2D eigenvalue weighted by Gasteiger charge is 2.22. The highest BCUT2D eigenvalue weighted by molar-refractivity contribution is 7.92. The van der Waals surface area contributed by atoms with Gasteiger partial charge in [0.15, 0.2) is 5.82 Å². The molecule has 0 spiro atoms. The molecule has 0 saturated heterocycles. The van der Waals surface area contributed by atoms with Crippen LogP contribution in [0, 0.1) is 0 Å². The number of halogens is 1. The van der Waals surface area contributed by atoms with E-state index in [2.05, 4.69) is 35.7 Å². The van der Waals surface area contributed by atoms with Crippen molar-refractivity contribution in [2.24, 2.45) is 0 Å². The van der Waals surface area contributed by atoms with E-state index in [1.807, 2.05) is 26.0 Å². The van der Waals surface area contributed by atoms with Crippen molar-refractivity contribution in [3.63, 3.8) is 0 Å². The van der Waals surface area contributed by atoms with Gasteiger partial charge in [0.1, 0.15) is 0 Å². The fourth-order valence-electron chi connectivity index (χ4n) is 3.12. The van der Waals surface area contributed by atoms with Crippen LogP contribution in [0.5, 0.6) is 0 Å². The first kappa shape index (κ1) is 22.1. The first-order valence-corrected chi connectivity index (χ1v) is 11.4. The molecule has 30 heavy (non-hydrogen) atoms. The lowest BCUT2D eigenvalue weighted by molar-refractivity contribution is 0.587. The van der Waals surface area contributed by atoms with Crippen LogP contribution in [-0.4, -0.2) is 23.2 Å². The lowest BCUT2D eigenvalue weighted by atomic mass is 9.87. The molecular weight excluding hydrogens is 422 g/mol. The van der Waals surface area contributed by atoms with Crippen molar-refractivity contribution in [2.75, 3.05) is 10.5 Å². The van der Waals surface area contributed by atoms with Gasteiger partial charge in [-0.3, -0.25) is 9.29 Å². The van der Waals surface area contributed by atoms with Crippen molar-refractivity contribution in [1.82, 2.24) is 14.8 Å². The molecule has 1 aromatic heterocycles. The summed E-state index contributed by atoms with van der Waals surface area (Å²) in [5, 5.41) is 8.53. The van der Waals surface area contributed by atoms with Gasteiger partial charge >= 0.3 is 0 Å². The number of nitrogens with one attached hydrogen (secondary N) is 1. The molecule has 0 aliphatic rings. The minimum Gasteiger partial charge on any atom is -0.368 e. The Labute approximate surface area is 182 Å². The summed E-state index contributed by atoms with van der Waals surface area (Å²) >= 11 is 6.19. The van der Waals surface area contributed by atoms with E-state index in [1.54, 1.807) is 34.9 Å². The summed E-state index contributed by atoms with van der Waals surface area (Å²) < 4.78 is 30.5. The minimum atomic E-state index is -3.83. The molecule has 0 aliphatic carbocycles. The lowest BCUT2D eigenvalue weighted by Gasteiger charge is -2.19. The Balaban J connectivity index is 2.04. The van der Waals surface area contributed by atoms with Gasteiger partial charge in [0.25, 0.3) is 10.0 Å². The van der Waals surface area contributed by atoms with E-state index >= 15 is 0 Å². The number of anilines is 2. The van der Waals surface area contributed by atoms with Crippen molar-refractivity contribution in [2.45, 2.75) is 51.0 Å². The maximum Gasteiger partial charge on any atom is 0.261 e. The second kappa shape index (κ2) is 7.92. The monoisotopic (exact) mass is 447 g/mol. The molecular formula is C21H26ClN5O2S. The van der Waals surface area contributed by atoms with Crippen LogP contribution in [0.1, 0.15) is 46.2 Å². The molecule has 0 bridgehead atoms. The van der Waals surface area contributed by atoms with E-state index in [-0.39, 0.29) is 22.3 Å². The topological polar surface area (TPSA) is 103 Å². The molecule has 3 rings (SSSR count). The smallest absolute Gasteiger partial charge is 0.261 e. The van der Waals surface area contributed by atoms with Crippen LogP contribution in [0.15, 0.2) is 47.4 Å². The Morgan fingerprint density at radius 1 is 1.07 bits per heavy atom. The lowest BCUT2D eigenvalue weighted by Crippen LogP contribution is -2.16. The number of rotatable bonds is 5. The van der Waals surface area contributed by atoms with Crippen LogP contribution in [0.2, 0.25) is 5.02 Å². The normalized spacial score (nSPS) is 12.4. The number of sulfonamides is 1.